The van der Waals surface area contributed by atoms with Crippen molar-refractivity contribution in [1.29, 1.82) is 0 Å². The molecule has 0 saturated carbocycles. The number of hydrogen-bond acceptors (Lipinski definition) is 5. The van der Waals surface area contributed by atoms with Crippen molar-refractivity contribution in [2.45, 2.75) is 42.9 Å². The fourth-order valence-corrected chi connectivity index (χ4v) is 4.92. The van der Waals surface area contributed by atoms with E-state index in [0.717, 1.165) is 43.6 Å². The lowest BCUT2D eigenvalue weighted by Crippen LogP contribution is -2.38. The van der Waals surface area contributed by atoms with E-state index in [0.29, 0.717) is 17.4 Å². The number of rotatable bonds is 8. The molecule has 2 heterocycles. The smallest absolute Gasteiger partial charge is 0.250 e. The highest BCUT2D eigenvalue weighted by Crippen LogP contribution is 2.23. The first kappa shape index (κ1) is 16.9. The molecule has 1 aliphatic heterocycles. The molecule has 1 fully saturated rings. The zero-order chi connectivity index (χ0) is 15.1. The lowest BCUT2D eigenvalue weighted by atomic mass is 10.1. The molecule has 0 bridgehead atoms. The van der Waals surface area contributed by atoms with Crippen LogP contribution in [-0.4, -0.2) is 40.8 Å². The Morgan fingerprint density at radius 1 is 1.29 bits per heavy atom. The zero-order valence-corrected chi connectivity index (χ0v) is 14.1. The molecule has 1 aromatic rings. The molecule has 7 heteroatoms. The molecule has 0 radical (unpaired) electrons. The minimum atomic E-state index is -3.38. The van der Waals surface area contributed by atoms with Gasteiger partial charge in [0, 0.05) is 24.1 Å². The molecule has 0 atom stereocenters. The van der Waals surface area contributed by atoms with Gasteiger partial charge in [-0.1, -0.05) is 6.92 Å². The van der Waals surface area contributed by atoms with Crippen LogP contribution >= 0.6 is 11.3 Å². The molecular formula is C14H24N2O3S2. The zero-order valence-electron chi connectivity index (χ0n) is 12.4. The maximum atomic E-state index is 12.3. The van der Waals surface area contributed by atoms with Crippen molar-refractivity contribution in [3.8, 4) is 0 Å². The van der Waals surface area contributed by atoms with Crippen molar-refractivity contribution in [3.63, 3.8) is 0 Å². The first-order valence-corrected chi connectivity index (χ1v) is 9.81. The number of ether oxygens (including phenoxy) is 1. The molecule has 1 aromatic heterocycles. The number of thiophene rings is 1. The Balaban J connectivity index is 1.89. The summed E-state index contributed by atoms with van der Waals surface area (Å²) in [5, 5.41) is 3.32. The van der Waals surface area contributed by atoms with E-state index >= 15 is 0 Å². The fourth-order valence-electron chi connectivity index (χ4n) is 2.24. The first-order chi connectivity index (χ1) is 10.1. The van der Waals surface area contributed by atoms with Gasteiger partial charge < -0.3 is 10.1 Å². The molecule has 0 amide bonds. The van der Waals surface area contributed by atoms with Gasteiger partial charge in [0.15, 0.2) is 0 Å². The summed E-state index contributed by atoms with van der Waals surface area (Å²) in [6.45, 7) is 5.28. The van der Waals surface area contributed by atoms with Crippen molar-refractivity contribution >= 4 is 21.4 Å². The summed E-state index contributed by atoms with van der Waals surface area (Å²) in [5.74, 6) is 0. The van der Waals surface area contributed by atoms with E-state index in [1.54, 1.807) is 6.07 Å². The molecule has 2 N–H and O–H groups in total. The molecule has 1 saturated heterocycles. The fraction of sp³-hybridized carbons (Fsp3) is 0.714. The van der Waals surface area contributed by atoms with E-state index in [4.69, 9.17) is 4.74 Å². The normalized spacial score (nSPS) is 17.2. The quantitative estimate of drug-likeness (QED) is 0.712. The predicted molar refractivity (Wildman–Crippen MR) is 85.3 cm³/mol. The van der Waals surface area contributed by atoms with E-state index in [-0.39, 0.29) is 6.04 Å². The van der Waals surface area contributed by atoms with Crippen molar-refractivity contribution in [1.82, 2.24) is 10.0 Å². The molecule has 1 aliphatic rings. The minimum Gasteiger partial charge on any atom is -0.381 e. The van der Waals surface area contributed by atoms with Crippen LogP contribution in [0.4, 0.5) is 0 Å². The molecule has 0 aliphatic carbocycles. The largest absolute Gasteiger partial charge is 0.381 e. The van der Waals surface area contributed by atoms with Crippen LogP contribution in [0, 0.1) is 0 Å². The number of nitrogens with one attached hydrogen (secondary N) is 2. The maximum Gasteiger partial charge on any atom is 0.250 e. The summed E-state index contributed by atoms with van der Waals surface area (Å²) < 4.78 is 33.1. The van der Waals surface area contributed by atoms with E-state index in [9.17, 15) is 8.42 Å². The van der Waals surface area contributed by atoms with Gasteiger partial charge in [-0.15, -0.1) is 11.3 Å². The summed E-state index contributed by atoms with van der Waals surface area (Å²) in [6, 6.07) is 3.62. The molecular weight excluding hydrogens is 308 g/mol. The lowest BCUT2D eigenvalue weighted by Gasteiger charge is -2.22. The molecule has 21 heavy (non-hydrogen) atoms. The van der Waals surface area contributed by atoms with Crippen LogP contribution in [0.3, 0.4) is 0 Å². The Kier molecular flexibility index (Phi) is 6.63. The number of sulfonamides is 1. The molecule has 120 valence electrons. The number of hydrogen-bond donors (Lipinski definition) is 2. The van der Waals surface area contributed by atoms with Crippen LogP contribution in [0.25, 0.3) is 0 Å². The molecule has 0 spiro atoms. The van der Waals surface area contributed by atoms with Crippen molar-refractivity contribution in [2.75, 3.05) is 26.3 Å². The Morgan fingerprint density at radius 2 is 2.05 bits per heavy atom. The standard InChI is InChI=1S/C14H24N2O3S2/c1-2-8-15-9-5-13-3-4-14(20-13)21(17,18)16-12-6-10-19-11-7-12/h3-4,12,15-16H,2,5-11H2,1H3. The average molecular weight is 332 g/mol. The van der Waals surface area contributed by atoms with Crippen LogP contribution in [0.5, 0.6) is 0 Å². The van der Waals surface area contributed by atoms with Crippen LogP contribution < -0.4 is 10.0 Å². The van der Waals surface area contributed by atoms with Gasteiger partial charge in [0.25, 0.3) is 0 Å². The van der Waals surface area contributed by atoms with Crippen molar-refractivity contribution in [3.05, 3.63) is 17.0 Å². The van der Waals surface area contributed by atoms with Gasteiger partial charge in [0.1, 0.15) is 4.21 Å². The van der Waals surface area contributed by atoms with E-state index in [1.807, 2.05) is 6.07 Å². The third kappa shape index (κ3) is 5.34. The summed E-state index contributed by atoms with van der Waals surface area (Å²) in [4.78, 5) is 1.10. The van der Waals surface area contributed by atoms with Crippen molar-refractivity contribution in [2.24, 2.45) is 0 Å². The summed E-state index contributed by atoms with van der Waals surface area (Å²) in [5.41, 5.74) is 0. The second kappa shape index (κ2) is 8.24. The van der Waals surface area contributed by atoms with Gasteiger partial charge >= 0.3 is 0 Å². The van der Waals surface area contributed by atoms with Crippen LogP contribution in [0.2, 0.25) is 0 Å². The second-order valence-electron chi connectivity index (χ2n) is 5.23. The Morgan fingerprint density at radius 3 is 2.76 bits per heavy atom. The first-order valence-electron chi connectivity index (χ1n) is 7.51. The van der Waals surface area contributed by atoms with Gasteiger partial charge in [-0.05, 0) is 50.9 Å². The van der Waals surface area contributed by atoms with Gasteiger partial charge in [-0.3, -0.25) is 0 Å². The highest BCUT2D eigenvalue weighted by Gasteiger charge is 2.23. The van der Waals surface area contributed by atoms with Gasteiger partial charge in [0.05, 0.1) is 0 Å². The highest BCUT2D eigenvalue weighted by molar-refractivity contribution is 7.91. The predicted octanol–water partition coefficient (Wildman–Crippen LogP) is 1.75. The summed E-state index contributed by atoms with van der Waals surface area (Å²) in [6.07, 6.45) is 3.48. The third-order valence-electron chi connectivity index (χ3n) is 3.42. The molecule has 0 aromatic carbocycles. The van der Waals surface area contributed by atoms with Gasteiger partial charge in [-0.2, -0.15) is 0 Å². The van der Waals surface area contributed by atoms with E-state index in [1.165, 1.54) is 11.3 Å². The van der Waals surface area contributed by atoms with Crippen molar-refractivity contribution < 1.29 is 13.2 Å². The van der Waals surface area contributed by atoms with Crippen LogP contribution in [0.1, 0.15) is 31.1 Å². The summed E-state index contributed by atoms with van der Waals surface area (Å²) >= 11 is 1.36. The molecule has 5 nitrogen and oxygen atoms in total. The van der Waals surface area contributed by atoms with Crippen LogP contribution in [0.15, 0.2) is 16.3 Å². The summed E-state index contributed by atoms with van der Waals surface area (Å²) in [7, 11) is -3.38. The minimum absolute atomic E-state index is 0.000482. The Hall–Kier alpha value is -0.470. The monoisotopic (exact) mass is 332 g/mol. The third-order valence-corrected chi connectivity index (χ3v) is 6.58. The van der Waals surface area contributed by atoms with Gasteiger partial charge in [-0.25, -0.2) is 13.1 Å². The highest BCUT2D eigenvalue weighted by atomic mass is 32.2. The van der Waals surface area contributed by atoms with E-state index < -0.39 is 10.0 Å². The SMILES string of the molecule is CCCNCCc1ccc(S(=O)(=O)NC2CCOCC2)s1. The average Bonchev–Trinajstić information content (AvgIpc) is 2.94. The van der Waals surface area contributed by atoms with Crippen LogP contribution in [-0.2, 0) is 21.2 Å². The second-order valence-corrected chi connectivity index (χ2v) is 8.34. The molecule has 0 unspecified atom stereocenters. The Bertz CT molecular complexity index is 522. The van der Waals surface area contributed by atoms with E-state index in [2.05, 4.69) is 17.0 Å². The lowest BCUT2D eigenvalue weighted by molar-refractivity contribution is 0.0832. The maximum absolute atomic E-state index is 12.3. The topological polar surface area (TPSA) is 67.4 Å². The molecule has 2 rings (SSSR count). The Labute approximate surface area is 131 Å². The van der Waals surface area contributed by atoms with Gasteiger partial charge in [0.2, 0.25) is 10.0 Å².